The van der Waals surface area contributed by atoms with Crippen LogP contribution in [0.1, 0.15) is 41.0 Å². The quantitative estimate of drug-likeness (QED) is 0.353. The van der Waals surface area contributed by atoms with Gasteiger partial charge in [-0.2, -0.15) is 0 Å². The van der Waals surface area contributed by atoms with Crippen LogP contribution in [0.3, 0.4) is 0 Å². The summed E-state index contributed by atoms with van der Waals surface area (Å²) in [6.07, 6.45) is -0.518. The summed E-state index contributed by atoms with van der Waals surface area (Å²) >= 11 is 1.38. The zero-order valence-corrected chi connectivity index (χ0v) is 18.6. The Hall–Kier alpha value is -2.07. The predicted octanol–water partition coefficient (Wildman–Crippen LogP) is 0.767. The highest BCUT2D eigenvalue weighted by Gasteiger charge is 2.60. The number of thioether (sulfide) groups is 1. The summed E-state index contributed by atoms with van der Waals surface area (Å²) in [6.45, 7) is 8.42. The standard InChI is InChI=1S/C20H28N2O7S/c1-9-14-13(10(2)23)17(25)22(14)15(16(9)30-11-6-12(24)21-7-11)18(26)28-8-29-19(27)20(3,4)5/h9-11,13-14,23H,6-8H2,1-5H3,(H,21,24). The molecule has 0 aliphatic carbocycles. The summed E-state index contributed by atoms with van der Waals surface area (Å²) in [6, 6.07) is -0.343. The van der Waals surface area contributed by atoms with Crippen LogP contribution >= 0.6 is 11.8 Å². The number of aliphatic hydroxyl groups is 1. The first-order chi connectivity index (χ1) is 13.9. The molecule has 3 aliphatic heterocycles. The molecule has 9 nitrogen and oxygen atoms in total. The largest absolute Gasteiger partial charge is 0.427 e. The number of hydrogen-bond donors (Lipinski definition) is 2. The molecule has 0 aromatic rings. The van der Waals surface area contributed by atoms with Gasteiger partial charge in [0, 0.05) is 29.0 Å². The van der Waals surface area contributed by atoms with Gasteiger partial charge in [-0.25, -0.2) is 4.79 Å². The number of β-lactam (4-membered cyclic amide) rings is 1. The molecule has 2 N–H and O–H groups in total. The number of hydrogen-bond acceptors (Lipinski definition) is 8. The van der Waals surface area contributed by atoms with Crippen molar-refractivity contribution in [2.24, 2.45) is 17.3 Å². The van der Waals surface area contributed by atoms with Gasteiger partial charge in [0.2, 0.25) is 18.6 Å². The number of esters is 2. The van der Waals surface area contributed by atoms with E-state index in [1.54, 1.807) is 27.7 Å². The van der Waals surface area contributed by atoms with E-state index in [4.69, 9.17) is 9.47 Å². The third-order valence-electron chi connectivity index (χ3n) is 5.53. The fraction of sp³-hybridized carbons (Fsp3) is 0.700. The lowest BCUT2D eigenvalue weighted by atomic mass is 9.79. The van der Waals surface area contributed by atoms with Gasteiger partial charge in [-0.15, -0.1) is 11.8 Å². The smallest absolute Gasteiger partial charge is 0.358 e. The van der Waals surface area contributed by atoms with E-state index in [0.717, 1.165) is 0 Å². The highest BCUT2D eigenvalue weighted by Crippen LogP contribution is 2.51. The molecule has 5 unspecified atom stereocenters. The third kappa shape index (κ3) is 4.07. The van der Waals surface area contributed by atoms with Gasteiger partial charge in [0.1, 0.15) is 5.70 Å². The minimum atomic E-state index is -0.842. The average molecular weight is 441 g/mol. The van der Waals surface area contributed by atoms with E-state index < -0.39 is 36.2 Å². The molecule has 0 aromatic heterocycles. The number of nitrogens with zero attached hydrogens (tertiary/aromatic N) is 1. The number of fused-ring (bicyclic) bond motifs is 1. The van der Waals surface area contributed by atoms with Crippen molar-refractivity contribution in [3.8, 4) is 0 Å². The van der Waals surface area contributed by atoms with Gasteiger partial charge in [0.15, 0.2) is 0 Å². The Morgan fingerprint density at radius 1 is 1.30 bits per heavy atom. The first-order valence-corrected chi connectivity index (χ1v) is 10.8. The third-order valence-corrected chi connectivity index (χ3v) is 7.01. The van der Waals surface area contributed by atoms with E-state index in [0.29, 0.717) is 17.9 Å². The lowest BCUT2D eigenvalue weighted by Gasteiger charge is -2.46. The van der Waals surface area contributed by atoms with Gasteiger partial charge in [-0.1, -0.05) is 6.92 Å². The molecule has 2 amide bonds. The average Bonchev–Trinajstić information content (AvgIpc) is 3.14. The Kier molecular flexibility index (Phi) is 6.20. The number of carbonyl (C=O) groups is 4. The molecular weight excluding hydrogens is 412 g/mol. The summed E-state index contributed by atoms with van der Waals surface area (Å²) in [4.78, 5) is 51.0. The van der Waals surface area contributed by atoms with E-state index in [-0.39, 0.29) is 34.7 Å². The minimum absolute atomic E-state index is 0.0572. The molecule has 30 heavy (non-hydrogen) atoms. The zero-order valence-electron chi connectivity index (χ0n) is 17.8. The van der Waals surface area contributed by atoms with Gasteiger partial charge in [-0.3, -0.25) is 14.4 Å². The first kappa shape index (κ1) is 22.6. The Labute approximate surface area is 179 Å². The van der Waals surface area contributed by atoms with Crippen LogP contribution in [0.15, 0.2) is 10.6 Å². The number of rotatable bonds is 6. The van der Waals surface area contributed by atoms with Gasteiger partial charge in [-0.05, 0) is 27.7 Å². The highest BCUT2D eigenvalue weighted by atomic mass is 32.2. The maximum atomic E-state index is 12.9. The molecule has 5 atom stereocenters. The number of nitrogens with one attached hydrogen (secondary N) is 1. The molecule has 0 spiro atoms. The zero-order chi connectivity index (χ0) is 22.4. The first-order valence-electron chi connectivity index (χ1n) is 9.96. The maximum absolute atomic E-state index is 12.9. The van der Waals surface area contributed by atoms with E-state index in [2.05, 4.69) is 5.32 Å². The molecule has 2 saturated heterocycles. The molecule has 3 heterocycles. The summed E-state index contributed by atoms with van der Waals surface area (Å²) in [5.74, 6) is -2.45. The van der Waals surface area contributed by atoms with Crippen LogP contribution in [-0.2, 0) is 28.7 Å². The molecule has 0 saturated carbocycles. The Balaban J connectivity index is 1.78. The van der Waals surface area contributed by atoms with Crippen molar-refractivity contribution in [1.82, 2.24) is 10.2 Å². The van der Waals surface area contributed by atoms with Crippen LogP contribution < -0.4 is 5.32 Å². The second-order valence-electron chi connectivity index (χ2n) is 8.95. The van der Waals surface area contributed by atoms with E-state index >= 15 is 0 Å². The van der Waals surface area contributed by atoms with Gasteiger partial charge < -0.3 is 24.8 Å². The van der Waals surface area contributed by atoms with E-state index in [1.807, 2.05) is 6.92 Å². The maximum Gasteiger partial charge on any atom is 0.358 e. The van der Waals surface area contributed by atoms with E-state index in [1.165, 1.54) is 16.7 Å². The molecule has 0 aromatic carbocycles. The molecule has 3 aliphatic rings. The van der Waals surface area contributed by atoms with Crippen molar-refractivity contribution >= 4 is 35.5 Å². The Bertz CT molecular complexity index is 801. The molecule has 10 heteroatoms. The van der Waals surface area contributed by atoms with Gasteiger partial charge >= 0.3 is 11.9 Å². The molecule has 0 bridgehead atoms. The van der Waals surface area contributed by atoms with Crippen LogP contribution in [0.5, 0.6) is 0 Å². The SMILES string of the molecule is CC(O)C1C(=O)N2C(C(=O)OCOC(=O)C(C)(C)C)=C(SC3CNC(=O)C3)C(C)C12. The van der Waals surface area contributed by atoms with Crippen molar-refractivity contribution in [3.63, 3.8) is 0 Å². The van der Waals surface area contributed by atoms with Crippen LogP contribution in [0.2, 0.25) is 0 Å². The number of amides is 2. The lowest BCUT2D eigenvalue weighted by molar-refractivity contribution is -0.175. The Morgan fingerprint density at radius 3 is 2.50 bits per heavy atom. The van der Waals surface area contributed by atoms with Gasteiger partial charge in [0.05, 0.1) is 23.5 Å². The van der Waals surface area contributed by atoms with Crippen molar-refractivity contribution in [2.45, 2.75) is 58.4 Å². The van der Waals surface area contributed by atoms with Crippen molar-refractivity contribution in [2.75, 3.05) is 13.3 Å². The molecule has 0 radical (unpaired) electrons. The van der Waals surface area contributed by atoms with E-state index in [9.17, 15) is 24.3 Å². The van der Waals surface area contributed by atoms with Crippen LogP contribution in [0, 0.1) is 17.3 Å². The van der Waals surface area contributed by atoms with Crippen LogP contribution in [0.25, 0.3) is 0 Å². The summed E-state index contributed by atoms with van der Waals surface area (Å²) in [7, 11) is 0. The van der Waals surface area contributed by atoms with Gasteiger partial charge in [0.25, 0.3) is 0 Å². The van der Waals surface area contributed by atoms with Crippen molar-refractivity contribution < 1.29 is 33.8 Å². The fourth-order valence-corrected chi connectivity index (χ4v) is 5.34. The molecule has 3 rings (SSSR count). The normalized spacial score (nSPS) is 29.3. The second-order valence-corrected chi connectivity index (χ2v) is 10.3. The number of ether oxygens (including phenoxy) is 2. The predicted molar refractivity (Wildman–Crippen MR) is 108 cm³/mol. The van der Waals surface area contributed by atoms with Crippen molar-refractivity contribution in [3.05, 3.63) is 10.6 Å². The van der Waals surface area contributed by atoms with Crippen LogP contribution in [0.4, 0.5) is 0 Å². The summed E-state index contributed by atoms with van der Waals surface area (Å²) in [5.41, 5.74) is -0.620. The number of carbonyl (C=O) groups excluding carboxylic acids is 4. The Morgan fingerprint density at radius 2 is 1.97 bits per heavy atom. The topological polar surface area (TPSA) is 122 Å². The fourth-order valence-electron chi connectivity index (χ4n) is 3.93. The molecule has 166 valence electrons. The van der Waals surface area contributed by atoms with Crippen LogP contribution in [-0.4, -0.2) is 64.5 Å². The van der Waals surface area contributed by atoms with Crippen molar-refractivity contribution in [1.29, 1.82) is 0 Å². The summed E-state index contributed by atoms with van der Waals surface area (Å²) in [5, 5.41) is 12.7. The number of aliphatic hydroxyl groups excluding tert-OH is 1. The highest BCUT2D eigenvalue weighted by molar-refractivity contribution is 8.03. The lowest BCUT2D eigenvalue weighted by Crippen LogP contribution is -2.63. The monoisotopic (exact) mass is 440 g/mol. The second kappa shape index (κ2) is 8.22. The molecule has 2 fully saturated rings. The summed E-state index contributed by atoms with van der Waals surface area (Å²) < 4.78 is 10.2. The minimum Gasteiger partial charge on any atom is -0.427 e. The molecular formula is C20H28N2O7S.